The zero-order valence-electron chi connectivity index (χ0n) is 18.3. The summed E-state index contributed by atoms with van der Waals surface area (Å²) in [5, 5.41) is 11.6. The number of nitrogens with one attached hydrogen (secondary N) is 2. The molecule has 1 aromatic heterocycles. The highest BCUT2D eigenvalue weighted by atomic mass is 16.1. The Bertz CT molecular complexity index is 701. The van der Waals surface area contributed by atoms with E-state index in [1.165, 1.54) is 25.7 Å². The first-order chi connectivity index (χ1) is 14.0. The number of nitrogens with zero attached hydrogens (tertiary/aromatic N) is 3. The second-order valence-corrected chi connectivity index (χ2v) is 8.79. The number of aromatic nitrogens is 1. The first kappa shape index (κ1) is 21.8. The largest absolute Gasteiger partial charge is 0.373 e. The number of likely N-dealkylation sites (tertiary alicyclic amines) is 1. The molecule has 160 valence electrons. The van der Waals surface area contributed by atoms with E-state index in [2.05, 4.69) is 29.0 Å². The van der Waals surface area contributed by atoms with Crippen LogP contribution in [0.2, 0.25) is 0 Å². The smallest absolute Gasteiger partial charge is 0.181 e. The minimum atomic E-state index is -0.0613. The minimum Gasteiger partial charge on any atom is -0.373 e. The SMILES string of the molecule is CNc1nc(N2CCCCCC2)ccc1C(=N)C(=O)CC1CCN(C(C)C)CC1. The minimum absolute atomic E-state index is 0.0613. The van der Waals surface area contributed by atoms with Crippen LogP contribution in [0.5, 0.6) is 0 Å². The summed E-state index contributed by atoms with van der Waals surface area (Å²) in [7, 11) is 1.82. The van der Waals surface area contributed by atoms with Crippen LogP contribution in [-0.4, -0.2) is 60.6 Å². The Labute approximate surface area is 175 Å². The van der Waals surface area contributed by atoms with Gasteiger partial charge in [0.05, 0.1) is 0 Å². The fourth-order valence-electron chi connectivity index (χ4n) is 4.50. The Hall–Kier alpha value is -1.95. The van der Waals surface area contributed by atoms with Crippen LogP contribution in [0.3, 0.4) is 0 Å². The molecular formula is C23H37N5O. The highest BCUT2D eigenvalue weighted by Crippen LogP contribution is 2.25. The van der Waals surface area contributed by atoms with E-state index in [4.69, 9.17) is 10.4 Å². The van der Waals surface area contributed by atoms with Crippen molar-refractivity contribution in [1.29, 1.82) is 5.41 Å². The maximum Gasteiger partial charge on any atom is 0.181 e. The van der Waals surface area contributed by atoms with Gasteiger partial charge in [-0.25, -0.2) is 4.98 Å². The molecule has 3 heterocycles. The van der Waals surface area contributed by atoms with Crippen LogP contribution in [0.1, 0.15) is 64.4 Å². The molecule has 2 saturated heterocycles. The summed E-state index contributed by atoms with van der Waals surface area (Å²) < 4.78 is 0. The Balaban J connectivity index is 1.64. The van der Waals surface area contributed by atoms with E-state index >= 15 is 0 Å². The molecule has 3 rings (SSSR count). The van der Waals surface area contributed by atoms with Crippen LogP contribution < -0.4 is 10.2 Å². The van der Waals surface area contributed by atoms with Gasteiger partial charge in [-0.15, -0.1) is 0 Å². The van der Waals surface area contributed by atoms with Gasteiger partial charge in [0.25, 0.3) is 0 Å². The Kier molecular flexibility index (Phi) is 7.64. The number of carbonyl (C=O) groups excluding carboxylic acids is 1. The van der Waals surface area contributed by atoms with E-state index in [0.29, 0.717) is 29.8 Å². The van der Waals surface area contributed by atoms with Crippen molar-refractivity contribution < 1.29 is 4.79 Å². The molecule has 0 aliphatic carbocycles. The molecule has 1 aromatic rings. The molecule has 2 N–H and O–H groups in total. The lowest BCUT2D eigenvalue weighted by Crippen LogP contribution is -2.39. The highest BCUT2D eigenvalue weighted by molar-refractivity contribution is 6.45. The highest BCUT2D eigenvalue weighted by Gasteiger charge is 2.25. The number of ketones is 1. The summed E-state index contributed by atoms with van der Waals surface area (Å²) in [4.78, 5) is 22.4. The normalized spacial score (nSPS) is 19.2. The maximum atomic E-state index is 12.8. The number of pyridine rings is 1. The topological polar surface area (TPSA) is 72.3 Å². The molecule has 6 heteroatoms. The molecule has 0 aromatic carbocycles. The third kappa shape index (κ3) is 5.56. The van der Waals surface area contributed by atoms with Crippen molar-refractivity contribution in [2.75, 3.05) is 43.4 Å². The van der Waals surface area contributed by atoms with Crippen LogP contribution in [0.4, 0.5) is 11.6 Å². The quantitative estimate of drug-likeness (QED) is 0.679. The molecule has 0 unspecified atom stereocenters. The first-order valence-electron chi connectivity index (χ1n) is 11.3. The molecule has 2 aliphatic rings. The number of hydrogen-bond donors (Lipinski definition) is 2. The van der Waals surface area contributed by atoms with Crippen molar-refractivity contribution in [3.63, 3.8) is 0 Å². The van der Waals surface area contributed by atoms with Gasteiger partial charge in [0.1, 0.15) is 17.3 Å². The van der Waals surface area contributed by atoms with Gasteiger partial charge in [0.15, 0.2) is 5.78 Å². The zero-order chi connectivity index (χ0) is 20.8. The lowest BCUT2D eigenvalue weighted by molar-refractivity contribution is -0.114. The van der Waals surface area contributed by atoms with Gasteiger partial charge >= 0.3 is 0 Å². The Morgan fingerprint density at radius 3 is 2.38 bits per heavy atom. The average Bonchev–Trinajstić information content (AvgIpc) is 3.02. The van der Waals surface area contributed by atoms with Gasteiger partial charge in [-0.2, -0.15) is 0 Å². The van der Waals surface area contributed by atoms with E-state index in [9.17, 15) is 4.79 Å². The predicted octanol–water partition coefficient (Wildman–Crippen LogP) is 3.95. The van der Waals surface area contributed by atoms with Crippen molar-refractivity contribution in [3.05, 3.63) is 17.7 Å². The molecule has 0 amide bonds. The number of Topliss-reactive ketones (excluding diaryl/α,β-unsaturated/α-hetero) is 1. The fourth-order valence-corrected chi connectivity index (χ4v) is 4.50. The van der Waals surface area contributed by atoms with E-state index in [1.54, 1.807) is 0 Å². The summed E-state index contributed by atoms with van der Waals surface area (Å²) >= 11 is 0. The third-order valence-corrected chi connectivity index (χ3v) is 6.45. The standard InChI is InChI=1S/C23H37N5O/c1-17(2)27-14-10-18(11-15-27)16-20(29)22(24)19-8-9-21(26-23(19)25-3)28-12-6-4-5-7-13-28/h8-9,17-18,24H,4-7,10-16H2,1-3H3,(H,25,26). The summed E-state index contributed by atoms with van der Waals surface area (Å²) in [6, 6.07) is 4.45. The lowest BCUT2D eigenvalue weighted by atomic mass is 9.89. The monoisotopic (exact) mass is 399 g/mol. The van der Waals surface area contributed by atoms with E-state index in [0.717, 1.165) is 44.8 Å². The number of rotatable bonds is 7. The van der Waals surface area contributed by atoms with Crippen molar-refractivity contribution in [3.8, 4) is 0 Å². The summed E-state index contributed by atoms with van der Waals surface area (Å²) in [5.41, 5.74) is 0.714. The Morgan fingerprint density at radius 1 is 1.14 bits per heavy atom. The van der Waals surface area contributed by atoms with Crippen LogP contribution in [-0.2, 0) is 4.79 Å². The molecule has 0 atom stereocenters. The maximum absolute atomic E-state index is 12.8. The van der Waals surface area contributed by atoms with Crippen molar-refractivity contribution >= 4 is 23.1 Å². The fraction of sp³-hybridized carbons (Fsp3) is 0.696. The van der Waals surface area contributed by atoms with Gasteiger partial charge in [-0.05, 0) is 70.7 Å². The number of carbonyl (C=O) groups is 1. The molecule has 2 aliphatic heterocycles. The molecule has 0 spiro atoms. The van der Waals surface area contributed by atoms with Crippen LogP contribution in [0.25, 0.3) is 0 Å². The number of anilines is 2. The van der Waals surface area contributed by atoms with E-state index < -0.39 is 0 Å². The first-order valence-corrected chi connectivity index (χ1v) is 11.3. The summed E-state index contributed by atoms with van der Waals surface area (Å²) in [6.07, 6.45) is 7.52. The van der Waals surface area contributed by atoms with Gasteiger partial charge in [0.2, 0.25) is 0 Å². The molecule has 2 fully saturated rings. The summed E-state index contributed by atoms with van der Waals surface area (Å²) in [6.45, 7) is 8.61. The second kappa shape index (κ2) is 10.2. The van der Waals surface area contributed by atoms with Gasteiger partial charge in [0, 0.05) is 38.2 Å². The Morgan fingerprint density at radius 2 is 1.79 bits per heavy atom. The van der Waals surface area contributed by atoms with Crippen LogP contribution in [0, 0.1) is 11.3 Å². The van der Waals surface area contributed by atoms with Crippen LogP contribution >= 0.6 is 0 Å². The third-order valence-electron chi connectivity index (χ3n) is 6.45. The van der Waals surface area contributed by atoms with Gasteiger partial charge in [-0.1, -0.05) is 12.8 Å². The van der Waals surface area contributed by atoms with E-state index in [-0.39, 0.29) is 11.5 Å². The van der Waals surface area contributed by atoms with E-state index in [1.807, 2.05) is 19.2 Å². The molecule has 0 bridgehead atoms. The van der Waals surface area contributed by atoms with Crippen molar-refractivity contribution in [2.45, 2.75) is 64.8 Å². The average molecular weight is 400 g/mol. The van der Waals surface area contributed by atoms with Gasteiger partial charge in [-0.3, -0.25) is 10.2 Å². The molecule has 29 heavy (non-hydrogen) atoms. The molecule has 0 radical (unpaired) electrons. The van der Waals surface area contributed by atoms with Crippen molar-refractivity contribution in [1.82, 2.24) is 9.88 Å². The molecular weight excluding hydrogens is 362 g/mol. The predicted molar refractivity (Wildman–Crippen MR) is 120 cm³/mol. The molecule has 6 nitrogen and oxygen atoms in total. The molecule has 0 saturated carbocycles. The number of piperidine rings is 1. The number of hydrogen-bond acceptors (Lipinski definition) is 6. The lowest BCUT2D eigenvalue weighted by Gasteiger charge is -2.34. The second-order valence-electron chi connectivity index (χ2n) is 8.79. The van der Waals surface area contributed by atoms with Gasteiger partial charge < -0.3 is 15.1 Å². The van der Waals surface area contributed by atoms with Crippen LogP contribution in [0.15, 0.2) is 12.1 Å². The van der Waals surface area contributed by atoms with Crippen molar-refractivity contribution in [2.24, 2.45) is 5.92 Å². The summed E-state index contributed by atoms with van der Waals surface area (Å²) in [5.74, 6) is 1.91. The zero-order valence-corrected chi connectivity index (χ0v) is 18.3.